The summed E-state index contributed by atoms with van der Waals surface area (Å²) in [5.74, 6) is 0.0473. The van der Waals surface area contributed by atoms with Gasteiger partial charge in [-0.25, -0.2) is 0 Å². The maximum atomic E-state index is 12.5. The maximum Gasteiger partial charge on any atom is 0.309 e. The van der Waals surface area contributed by atoms with Crippen molar-refractivity contribution in [2.75, 3.05) is 0 Å². The molecule has 0 aliphatic rings. The predicted octanol–water partition coefficient (Wildman–Crippen LogP) is 4.19. The molecule has 3 aromatic rings. The van der Waals surface area contributed by atoms with Crippen LogP contribution in [-0.2, 0) is 4.65 Å². The Bertz CT molecular complexity index is 954. The first kappa shape index (κ1) is 21.1. The minimum Gasteiger partial charge on any atom is -0.430 e. The molecule has 146 valence electrons. The lowest BCUT2D eigenvalue weighted by atomic mass is 9.61. The molecule has 3 aromatic carbocycles. The Morgan fingerprint density at radius 2 is 1.24 bits per heavy atom. The first-order valence-corrected chi connectivity index (χ1v) is 10.1. The zero-order chi connectivity index (χ0) is 21.1. The van der Waals surface area contributed by atoms with E-state index >= 15 is 0 Å². The van der Waals surface area contributed by atoms with E-state index in [4.69, 9.17) is 4.65 Å². The fourth-order valence-corrected chi connectivity index (χ4v) is 2.84. The highest BCUT2D eigenvalue weighted by atomic mass is 16.5. The molecule has 4 heteroatoms. The molecular formula is C25H28B2O2. The normalized spacial score (nSPS) is 11.9. The van der Waals surface area contributed by atoms with Crippen molar-refractivity contribution in [3.05, 3.63) is 90.0 Å². The Balaban J connectivity index is 1.68. The molecule has 0 spiro atoms. The first-order valence-electron chi connectivity index (χ1n) is 10.1. The molecule has 0 atom stereocenters. The van der Waals surface area contributed by atoms with Crippen molar-refractivity contribution in [1.82, 2.24) is 0 Å². The molecule has 0 radical (unpaired) electrons. The second kappa shape index (κ2) is 8.42. The number of hydrogen-bond donors (Lipinski definition) is 0. The Labute approximate surface area is 176 Å². The minimum atomic E-state index is -0.202. The molecule has 0 amide bonds. The first-order chi connectivity index (χ1) is 13.7. The van der Waals surface area contributed by atoms with Crippen LogP contribution in [0.5, 0.6) is 0 Å². The van der Waals surface area contributed by atoms with Crippen LogP contribution in [0.1, 0.15) is 43.6 Å². The molecule has 0 heterocycles. The third-order valence-corrected chi connectivity index (χ3v) is 5.88. The second-order valence-electron chi connectivity index (χ2n) is 9.02. The van der Waals surface area contributed by atoms with Crippen molar-refractivity contribution in [1.29, 1.82) is 0 Å². The molecule has 29 heavy (non-hydrogen) atoms. The van der Waals surface area contributed by atoms with Gasteiger partial charge < -0.3 is 4.65 Å². The van der Waals surface area contributed by atoms with Crippen LogP contribution < -0.4 is 5.46 Å². The molecule has 0 aromatic heterocycles. The van der Waals surface area contributed by atoms with Gasteiger partial charge in [0.1, 0.15) is 7.85 Å². The summed E-state index contributed by atoms with van der Waals surface area (Å²) in [6.45, 7) is 8.67. The minimum absolute atomic E-state index is 0.0473. The molecule has 0 bridgehead atoms. The van der Waals surface area contributed by atoms with Crippen molar-refractivity contribution in [2.24, 2.45) is 0 Å². The van der Waals surface area contributed by atoms with E-state index in [-0.39, 0.29) is 16.7 Å². The highest BCUT2D eigenvalue weighted by Gasteiger charge is 2.33. The van der Waals surface area contributed by atoms with Crippen molar-refractivity contribution < 1.29 is 9.45 Å². The van der Waals surface area contributed by atoms with Crippen molar-refractivity contribution >= 4 is 26.6 Å². The van der Waals surface area contributed by atoms with Crippen LogP contribution in [-0.4, -0.2) is 26.7 Å². The fraction of sp³-hybridized carbons (Fsp3) is 0.240. The molecule has 2 nitrogen and oxygen atoms in total. The number of benzene rings is 3. The van der Waals surface area contributed by atoms with Crippen LogP contribution >= 0.6 is 0 Å². The Hall–Kier alpha value is -2.58. The molecule has 0 fully saturated rings. The summed E-state index contributed by atoms with van der Waals surface area (Å²) in [5, 5.41) is 0.0753. The van der Waals surface area contributed by atoms with Gasteiger partial charge in [-0.05, 0) is 30.3 Å². The number of carbonyl (C=O) groups excluding carboxylic acids is 1. The maximum absolute atomic E-state index is 12.5. The summed E-state index contributed by atoms with van der Waals surface area (Å²) in [7, 11) is 2.79. The SMILES string of the molecule is BC(C)(C)C(C)(C)OBc1ccc(-c2ccc(C(=O)c3ccccc3)cc2)cc1. The average Bonchev–Trinajstić information content (AvgIpc) is 2.72. The van der Waals surface area contributed by atoms with Gasteiger partial charge in [-0.3, -0.25) is 4.79 Å². The third-order valence-electron chi connectivity index (χ3n) is 5.88. The largest absolute Gasteiger partial charge is 0.430 e. The van der Waals surface area contributed by atoms with Gasteiger partial charge >= 0.3 is 7.48 Å². The van der Waals surface area contributed by atoms with E-state index in [1.54, 1.807) is 0 Å². The summed E-state index contributed by atoms with van der Waals surface area (Å²) < 4.78 is 6.17. The zero-order valence-corrected chi connectivity index (χ0v) is 18.0. The van der Waals surface area contributed by atoms with Gasteiger partial charge in [0.2, 0.25) is 0 Å². The van der Waals surface area contributed by atoms with Crippen molar-refractivity contribution in [3.63, 3.8) is 0 Å². The lowest BCUT2D eigenvalue weighted by Gasteiger charge is -2.39. The Morgan fingerprint density at radius 3 is 1.76 bits per heavy atom. The molecule has 0 saturated carbocycles. The summed E-state index contributed by atoms with van der Waals surface area (Å²) in [6.07, 6.45) is 0. The molecule has 0 aliphatic carbocycles. The summed E-state index contributed by atoms with van der Waals surface area (Å²) >= 11 is 0. The van der Waals surface area contributed by atoms with Crippen LogP contribution in [0.3, 0.4) is 0 Å². The standard InChI is InChI=1S/C25H28B2O2/c1-24(2,26)25(3,4)29-27-22-16-14-19(15-17-22)18-10-12-21(13-11-18)23(28)20-8-6-5-7-9-20/h5-17,27H,26H2,1-4H3. The molecule has 0 aliphatic heterocycles. The van der Waals surface area contributed by atoms with Crippen LogP contribution in [0.4, 0.5) is 0 Å². The molecule has 0 unspecified atom stereocenters. The van der Waals surface area contributed by atoms with E-state index in [0.29, 0.717) is 18.6 Å². The van der Waals surface area contributed by atoms with E-state index < -0.39 is 0 Å². The third kappa shape index (κ3) is 5.07. The smallest absolute Gasteiger partial charge is 0.309 e. The lowest BCUT2D eigenvalue weighted by molar-refractivity contribution is 0.0767. The van der Waals surface area contributed by atoms with Crippen LogP contribution in [0, 0.1) is 0 Å². The second-order valence-corrected chi connectivity index (χ2v) is 9.02. The topological polar surface area (TPSA) is 26.3 Å². The summed E-state index contributed by atoms with van der Waals surface area (Å²) in [5.41, 5.74) is 4.59. The van der Waals surface area contributed by atoms with E-state index in [1.165, 1.54) is 0 Å². The average molecular weight is 382 g/mol. The van der Waals surface area contributed by atoms with Gasteiger partial charge in [-0.2, -0.15) is 0 Å². The highest BCUT2D eigenvalue weighted by Crippen LogP contribution is 2.36. The van der Waals surface area contributed by atoms with Crippen molar-refractivity contribution in [3.8, 4) is 11.1 Å². The molecule has 3 rings (SSSR count). The molecular weight excluding hydrogens is 354 g/mol. The van der Waals surface area contributed by atoms with Crippen LogP contribution in [0.15, 0.2) is 78.9 Å². The van der Waals surface area contributed by atoms with Gasteiger partial charge in [0.15, 0.2) is 5.78 Å². The number of rotatable bonds is 7. The summed E-state index contributed by atoms with van der Waals surface area (Å²) in [6, 6.07) is 25.6. The Kier molecular flexibility index (Phi) is 6.14. The van der Waals surface area contributed by atoms with Crippen LogP contribution in [0.25, 0.3) is 11.1 Å². The van der Waals surface area contributed by atoms with Gasteiger partial charge in [-0.1, -0.05) is 98.2 Å². The van der Waals surface area contributed by atoms with Gasteiger partial charge in [0.05, 0.1) is 0 Å². The van der Waals surface area contributed by atoms with E-state index in [0.717, 1.165) is 16.6 Å². The number of ketones is 1. The highest BCUT2D eigenvalue weighted by molar-refractivity contribution is 6.47. The monoisotopic (exact) mass is 382 g/mol. The Morgan fingerprint density at radius 1 is 0.759 bits per heavy atom. The summed E-state index contributed by atoms with van der Waals surface area (Å²) in [4.78, 5) is 12.5. The van der Waals surface area contributed by atoms with Gasteiger partial charge in [-0.15, -0.1) is 0 Å². The van der Waals surface area contributed by atoms with Crippen LogP contribution in [0.2, 0.25) is 5.31 Å². The quantitative estimate of drug-likeness (QED) is 0.453. The molecule has 0 N–H and O–H groups in total. The van der Waals surface area contributed by atoms with E-state index in [9.17, 15) is 4.79 Å². The van der Waals surface area contributed by atoms with E-state index in [1.807, 2.05) is 54.6 Å². The molecule has 0 saturated heterocycles. The van der Waals surface area contributed by atoms with Gasteiger partial charge in [0.25, 0.3) is 0 Å². The zero-order valence-electron chi connectivity index (χ0n) is 18.0. The fourth-order valence-electron chi connectivity index (χ4n) is 2.84. The number of carbonyl (C=O) groups is 1. The van der Waals surface area contributed by atoms with Crippen molar-refractivity contribution in [2.45, 2.75) is 38.6 Å². The number of hydrogen-bond acceptors (Lipinski definition) is 2. The predicted molar refractivity (Wildman–Crippen MR) is 126 cm³/mol. The van der Waals surface area contributed by atoms with Gasteiger partial charge in [0, 0.05) is 16.7 Å². The lowest BCUT2D eigenvalue weighted by Crippen LogP contribution is -2.40. The van der Waals surface area contributed by atoms with E-state index in [2.05, 4.69) is 59.8 Å².